The molecule has 4 nitrogen and oxygen atoms in total. The van der Waals surface area contributed by atoms with Crippen molar-refractivity contribution < 1.29 is 9.21 Å². The van der Waals surface area contributed by atoms with Gasteiger partial charge in [0.25, 0.3) is 0 Å². The Morgan fingerprint density at radius 3 is 2.67 bits per heavy atom. The molecule has 0 aliphatic heterocycles. The second-order valence-corrected chi connectivity index (χ2v) is 4.91. The molecule has 3 rings (SSSR count). The van der Waals surface area contributed by atoms with Gasteiger partial charge in [-0.15, -0.1) is 0 Å². The highest BCUT2D eigenvalue weighted by atomic mass is 35.5. The highest BCUT2D eigenvalue weighted by Gasteiger charge is 2.06. The third-order valence-corrected chi connectivity index (χ3v) is 3.25. The lowest BCUT2D eigenvalue weighted by Crippen LogP contribution is -1.93. The van der Waals surface area contributed by atoms with Crippen molar-refractivity contribution >= 4 is 34.6 Å². The lowest BCUT2D eigenvalue weighted by Gasteiger charge is -1.96. The Hall–Kier alpha value is -2.59. The Morgan fingerprint density at radius 2 is 1.90 bits per heavy atom. The first-order valence-corrected chi connectivity index (χ1v) is 6.60. The van der Waals surface area contributed by atoms with Gasteiger partial charge in [0.1, 0.15) is 0 Å². The van der Waals surface area contributed by atoms with Crippen LogP contribution in [0.5, 0.6) is 0 Å². The molecule has 1 aromatic heterocycles. The summed E-state index contributed by atoms with van der Waals surface area (Å²) < 4.78 is 4.93. The largest absolute Gasteiger partial charge is 0.417 e. The van der Waals surface area contributed by atoms with E-state index in [1.165, 1.54) is 6.08 Å². The molecule has 5 heteroatoms. The van der Waals surface area contributed by atoms with Crippen LogP contribution in [-0.2, 0) is 0 Å². The molecular formula is C16H10ClNO3. The maximum atomic E-state index is 12.1. The Bertz CT molecular complexity index is 888. The number of carbonyl (C=O) groups is 1. The second kappa shape index (κ2) is 5.42. The zero-order chi connectivity index (χ0) is 14.8. The highest BCUT2D eigenvalue weighted by Crippen LogP contribution is 2.14. The van der Waals surface area contributed by atoms with E-state index in [9.17, 15) is 9.59 Å². The standard InChI is InChI=1S/C16H10ClNO3/c17-12-5-1-10(2-6-12)3-8-14(19)11-4-7-13-15(9-11)21-16(20)18-13/h1-9H,(H,18,20)/b8-3+. The Kier molecular flexibility index (Phi) is 3.46. The van der Waals surface area contributed by atoms with E-state index in [0.717, 1.165) is 5.56 Å². The van der Waals surface area contributed by atoms with Crippen LogP contribution in [0.4, 0.5) is 0 Å². The molecule has 1 N–H and O–H groups in total. The van der Waals surface area contributed by atoms with Gasteiger partial charge in [-0.2, -0.15) is 0 Å². The van der Waals surface area contributed by atoms with Crippen LogP contribution in [-0.4, -0.2) is 10.8 Å². The number of H-pyrrole nitrogens is 1. The Balaban J connectivity index is 1.86. The van der Waals surface area contributed by atoms with Gasteiger partial charge in [0.05, 0.1) is 5.52 Å². The van der Waals surface area contributed by atoms with Crippen molar-refractivity contribution in [1.82, 2.24) is 4.98 Å². The second-order valence-electron chi connectivity index (χ2n) is 4.47. The number of ketones is 1. The lowest BCUT2D eigenvalue weighted by atomic mass is 10.1. The molecular weight excluding hydrogens is 290 g/mol. The van der Waals surface area contributed by atoms with Crippen molar-refractivity contribution in [2.24, 2.45) is 0 Å². The molecule has 0 radical (unpaired) electrons. The van der Waals surface area contributed by atoms with E-state index in [0.29, 0.717) is 21.7 Å². The van der Waals surface area contributed by atoms with E-state index in [1.54, 1.807) is 36.4 Å². The summed E-state index contributed by atoms with van der Waals surface area (Å²) in [5.74, 6) is -0.706. The van der Waals surface area contributed by atoms with E-state index in [-0.39, 0.29) is 5.78 Å². The van der Waals surface area contributed by atoms with Crippen LogP contribution in [0.25, 0.3) is 17.2 Å². The number of benzene rings is 2. The van der Waals surface area contributed by atoms with Crippen molar-refractivity contribution in [2.45, 2.75) is 0 Å². The summed E-state index contributed by atoms with van der Waals surface area (Å²) in [5.41, 5.74) is 2.27. The molecule has 0 atom stereocenters. The lowest BCUT2D eigenvalue weighted by molar-refractivity contribution is 0.104. The van der Waals surface area contributed by atoms with Crippen LogP contribution in [0.1, 0.15) is 15.9 Å². The first-order chi connectivity index (χ1) is 10.1. The monoisotopic (exact) mass is 299 g/mol. The molecule has 0 aliphatic rings. The predicted octanol–water partition coefficient (Wildman–Crippen LogP) is 3.67. The number of fused-ring (bicyclic) bond motifs is 1. The number of hydrogen-bond acceptors (Lipinski definition) is 3. The normalized spacial score (nSPS) is 11.3. The van der Waals surface area contributed by atoms with Crippen LogP contribution >= 0.6 is 11.6 Å². The number of halogens is 1. The number of carbonyl (C=O) groups excluding carboxylic acids is 1. The van der Waals surface area contributed by atoms with Gasteiger partial charge in [0.2, 0.25) is 0 Å². The fourth-order valence-corrected chi connectivity index (χ4v) is 2.07. The van der Waals surface area contributed by atoms with E-state index < -0.39 is 5.76 Å². The maximum absolute atomic E-state index is 12.1. The van der Waals surface area contributed by atoms with Crippen molar-refractivity contribution in [3.05, 3.63) is 75.2 Å². The van der Waals surface area contributed by atoms with Gasteiger partial charge in [-0.05, 0) is 42.0 Å². The Morgan fingerprint density at radius 1 is 1.14 bits per heavy atom. The molecule has 21 heavy (non-hydrogen) atoms. The summed E-state index contributed by atoms with van der Waals surface area (Å²) in [6, 6.07) is 12.0. The third kappa shape index (κ3) is 2.95. The average Bonchev–Trinajstić information content (AvgIpc) is 2.85. The minimum Gasteiger partial charge on any atom is -0.408 e. The van der Waals surface area contributed by atoms with Crippen molar-refractivity contribution in [3.8, 4) is 0 Å². The van der Waals surface area contributed by atoms with Crippen LogP contribution in [0.15, 0.2) is 57.8 Å². The van der Waals surface area contributed by atoms with E-state index in [4.69, 9.17) is 16.0 Å². The summed E-state index contributed by atoms with van der Waals surface area (Å²) in [4.78, 5) is 25.7. The molecule has 104 valence electrons. The van der Waals surface area contributed by atoms with Gasteiger partial charge in [-0.3, -0.25) is 9.78 Å². The zero-order valence-electron chi connectivity index (χ0n) is 10.8. The summed E-state index contributed by atoms with van der Waals surface area (Å²) in [7, 11) is 0. The molecule has 0 saturated heterocycles. The van der Waals surface area contributed by atoms with Crippen LogP contribution in [0, 0.1) is 0 Å². The van der Waals surface area contributed by atoms with E-state index in [1.807, 2.05) is 12.1 Å². The molecule has 0 amide bonds. The smallest absolute Gasteiger partial charge is 0.408 e. The van der Waals surface area contributed by atoms with E-state index >= 15 is 0 Å². The third-order valence-electron chi connectivity index (χ3n) is 3.00. The van der Waals surface area contributed by atoms with Gasteiger partial charge in [-0.25, -0.2) is 4.79 Å². The number of allylic oxidation sites excluding steroid dienone is 1. The zero-order valence-corrected chi connectivity index (χ0v) is 11.6. The van der Waals surface area contributed by atoms with E-state index in [2.05, 4.69) is 4.98 Å². The van der Waals surface area contributed by atoms with Gasteiger partial charge in [-0.1, -0.05) is 29.8 Å². The molecule has 0 fully saturated rings. The number of hydrogen-bond donors (Lipinski definition) is 1. The molecule has 0 unspecified atom stereocenters. The number of aromatic nitrogens is 1. The number of aromatic amines is 1. The first kappa shape index (κ1) is 13.4. The molecule has 3 aromatic rings. The van der Waals surface area contributed by atoms with Crippen molar-refractivity contribution in [3.63, 3.8) is 0 Å². The fourth-order valence-electron chi connectivity index (χ4n) is 1.94. The molecule has 1 heterocycles. The number of nitrogens with one attached hydrogen (secondary N) is 1. The SMILES string of the molecule is O=C(/C=C/c1ccc(Cl)cc1)c1ccc2[nH]c(=O)oc2c1. The number of rotatable bonds is 3. The first-order valence-electron chi connectivity index (χ1n) is 6.23. The van der Waals surface area contributed by atoms with Crippen molar-refractivity contribution in [1.29, 1.82) is 0 Å². The molecule has 0 aliphatic carbocycles. The van der Waals surface area contributed by atoms with Crippen LogP contribution in [0.2, 0.25) is 5.02 Å². The molecule has 2 aromatic carbocycles. The van der Waals surface area contributed by atoms with Gasteiger partial charge >= 0.3 is 5.76 Å². The minimum absolute atomic E-state index is 0.171. The summed E-state index contributed by atoms with van der Waals surface area (Å²) >= 11 is 5.80. The highest BCUT2D eigenvalue weighted by molar-refractivity contribution is 6.30. The van der Waals surface area contributed by atoms with Crippen LogP contribution in [0.3, 0.4) is 0 Å². The minimum atomic E-state index is -0.536. The summed E-state index contributed by atoms with van der Waals surface area (Å²) in [5, 5.41) is 0.645. The quantitative estimate of drug-likeness (QED) is 0.593. The molecule has 0 bridgehead atoms. The van der Waals surface area contributed by atoms with Gasteiger partial charge in [0, 0.05) is 10.6 Å². The summed E-state index contributed by atoms with van der Waals surface area (Å²) in [6.45, 7) is 0. The van der Waals surface area contributed by atoms with Crippen molar-refractivity contribution in [2.75, 3.05) is 0 Å². The Labute approximate surface area is 124 Å². The van der Waals surface area contributed by atoms with Gasteiger partial charge in [0.15, 0.2) is 11.4 Å². The predicted molar refractivity (Wildman–Crippen MR) is 81.7 cm³/mol. The fraction of sp³-hybridized carbons (Fsp3) is 0. The van der Waals surface area contributed by atoms with Crippen LogP contribution < -0.4 is 5.76 Å². The average molecular weight is 300 g/mol. The van der Waals surface area contributed by atoms with Gasteiger partial charge < -0.3 is 4.42 Å². The maximum Gasteiger partial charge on any atom is 0.417 e. The summed E-state index contributed by atoms with van der Waals surface area (Å²) in [6.07, 6.45) is 3.17. The molecule has 0 saturated carbocycles. The molecule has 0 spiro atoms. The number of oxazole rings is 1. The topological polar surface area (TPSA) is 63.1 Å².